The first-order valence-electron chi connectivity index (χ1n) is 11.9. The smallest absolute Gasteiger partial charge is 0.408 e. The predicted octanol–water partition coefficient (Wildman–Crippen LogP) is 3.06. The van der Waals surface area contributed by atoms with E-state index < -0.39 is 29.9 Å². The van der Waals surface area contributed by atoms with Crippen LogP contribution >= 0.6 is 0 Å². The Morgan fingerprint density at radius 1 is 1.24 bits per heavy atom. The molecule has 1 aliphatic carbocycles. The summed E-state index contributed by atoms with van der Waals surface area (Å²) in [4.78, 5) is 40.3. The number of hydrogen-bond acceptors (Lipinski definition) is 5. The van der Waals surface area contributed by atoms with E-state index in [2.05, 4.69) is 23.8 Å². The van der Waals surface area contributed by atoms with Crippen LogP contribution < -0.4 is 10.6 Å². The molecule has 3 amide bonds. The maximum Gasteiger partial charge on any atom is 0.408 e. The summed E-state index contributed by atoms with van der Waals surface area (Å²) in [6.07, 6.45) is 7.07. The number of β-amino-alcohol motifs (C(OH)–C–C–N with tert-alkyl or cyclic N) is 1. The van der Waals surface area contributed by atoms with E-state index in [9.17, 15) is 19.5 Å². The average molecular weight is 464 g/mol. The van der Waals surface area contributed by atoms with Gasteiger partial charge < -0.3 is 25.4 Å². The summed E-state index contributed by atoms with van der Waals surface area (Å²) in [6.45, 7) is 14.8. The van der Waals surface area contributed by atoms with Gasteiger partial charge in [-0.15, -0.1) is 13.2 Å². The molecule has 2 aliphatic rings. The molecule has 0 aromatic heterocycles. The summed E-state index contributed by atoms with van der Waals surface area (Å²) < 4.78 is 5.35. The van der Waals surface area contributed by atoms with E-state index in [-0.39, 0.29) is 36.2 Å². The van der Waals surface area contributed by atoms with Crippen LogP contribution in [0.3, 0.4) is 0 Å². The molecule has 2 fully saturated rings. The van der Waals surface area contributed by atoms with Crippen LogP contribution in [0.5, 0.6) is 0 Å². The van der Waals surface area contributed by atoms with E-state index in [0.29, 0.717) is 6.42 Å². The number of aliphatic hydroxyl groups is 1. The number of likely N-dealkylation sites (tertiary alicyclic amines) is 1. The van der Waals surface area contributed by atoms with E-state index >= 15 is 0 Å². The first kappa shape index (κ1) is 26.9. The van der Waals surface area contributed by atoms with Gasteiger partial charge in [0.1, 0.15) is 17.7 Å². The van der Waals surface area contributed by atoms with Crippen molar-refractivity contribution in [3.63, 3.8) is 0 Å². The number of carbonyl (C=O) groups excluding carboxylic acids is 3. The fraction of sp³-hybridized carbons (Fsp3) is 0.720. The Kier molecular flexibility index (Phi) is 9.12. The Morgan fingerprint density at radius 3 is 2.52 bits per heavy atom. The normalized spacial score (nSPS) is 27.4. The molecule has 33 heavy (non-hydrogen) atoms. The van der Waals surface area contributed by atoms with Crippen LogP contribution in [0.1, 0.15) is 72.6 Å². The molecule has 186 valence electrons. The summed E-state index contributed by atoms with van der Waals surface area (Å²) >= 11 is 0. The summed E-state index contributed by atoms with van der Waals surface area (Å²) in [7, 11) is 0. The van der Waals surface area contributed by atoms with Crippen molar-refractivity contribution in [1.29, 1.82) is 0 Å². The molecule has 8 heteroatoms. The molecule has 3 N–H and O–H groups in total. The Balaban J connectivity index is 2.09. The zero-order chi connectivity index (χ0) is 24.8. The maximum absolute atomic E-state index is 13.5. The number of nitrogens with zero attached hydrogens (tertiary/aromatic N) is 1. The van der Waals surface area contributed by atoms with Crippen LogP contribution in [0.15, 0.2) is 25.3 Å². The fourth-order valence-electron chi connectivity index (χ4n) is 4.28. The second-order valence-corrected chi connectivity index (χ2v) is 10.5. The standard InChI is InChI=1S/C25H41N3O5/c1-7-9-10-11-12-13-19(26-23(32)33-24(3,4)5)22(31)28-16-18(29)14-20(28)21(30)27-25(6)15-17(25)8-2/h7-8,17-20,29H,1-2,9-16H2,3-6H3,(H,26,32)(H,27,30)/t17-,18-,19+,20+,25-/m1/s1. The minimum atomic E-state index is -0.832. The quantitative estimate of drug-likeness (QED) is 0.322. The van der Waals surface area contributed by atoms with Gasteiger partial charge in [-0.05, 0) is 53.4 Å². The van der Waals surface area contributed by atoms with Crippen molar-refractivity contribution in [3.8, 4) is 0 Å². The average Bonchev–Trinajstić information content (AvgIpc) is 3.18. The van der Waals surface area contributed by atoms with Crippen molar-refractivity contribution >= 4 is 17.9 Å². The van der Waals surface area contributed by atoms with Crippen molar-refractivity contribution < 1.29 is 24.2 Å². The minimum Gasteiger partial charge on any atom is -0.444 e. The highest BCUT2D eigenvalue weighted by Crippen LogP contribution is 2.44. The van der Waals surface area contributed by atoms with Gasteiger partial charge >= 0.3 is 6.09 Å². The first-order valence-corrected chi connectivity index (χ1v) is 11.9. The number of alkyl carbamates (subject to hydrolysis) is 1. The lowest BCUT2D eigenvalue weighted by atomic mass is 10.0. The molecule has 0 aromatic carbocycles. The lowest BCUT2D eigenvalue weighted by molar-refractivity contribution is -0.140. The molecule has 1 heterocycles. The van der Waals surface area contributed by atoms with Crippen LogP contribution in [0.25, 0.3) is 0 Å². The zero-order valence-electron chi connectivity index (χ0n) is 20.6. The number of nitrogens with one attached hydrogen (secondary N) is 2. The Hall–Kier alpha value is -2.35. The van der Waals surface area contributed by atoms with E-state index in [0.717, 1.165) is 32.1 Å². The molecule has 0 radical (unpaired) electrons. The molecule has 1 aliphatic heterocycles. The van der Waals surface area contributed by atoms with Gasteiger partial charge in [0.05, 0.1) is 6.10 Å². The lowest BCUT2D eigenvalue weighted by Crippen LogP contribution is -2.55. The van der Waals surface area contributed by atoms with Gasteiger partial charge in [-0.2, -0.15) is 0 Å². The van der Waals surface area contributed by atoms with Crippen LogP contribution in [-0.2, 0) is 14.3 Å². The Morgan fingerprint density at radius 2 is 1.94 bits per heavy atom. The molecular formula is C25H41N3O5. The van der Waals surface area contributed by atoms with Crippen molar-refractivity contribution in [3.05, 3.63) is 25.3 Å². The Labute approximate surface area is 197 Å². The molecular weight excluding hydrogens is 422 g/mol. The summed E-state index contributed by atoms with van der Waals surface area (Å²) in [5, 5.41) is 16.0. The first-order chi connectivity index (χ1) is 15.4. The van der Waals surface area contributed by atoms with E-state index in [1.54, 1.807) is 20.8 Å². The Bertz CT molecular complexity index is 747. The van der Waals surface area contributed by atoms with Crippen molar-refractivity contribution in [2.45, 2.75) is 102 Å². The number of amides is 3. The molecule has 1 saturated carbocycles. The van der Waals surface area contributed by atoms with Crippen molar-refractivity contribution in [2.75, 3.05) is 6.54 Å². The van der Waals surface area contributed by atoms with Gasteiger partial charge in [-0.3, -0.25) is 9.59 Å². The highest BCUT2D eigenvalue weighted by atomic mass is 16.6. The van der Waals surface area contributed by atoms with Crippen molar-refractivity contribution in [2.24, 2.45) is 5.92 Å². The molecule has 0 unspecified atom stereocenters. The third-order valence-electron chi connectivity index (χ3n) is 6.25. The maximum atomic E-state index is 13.5. The summed E-state index contributed by atoms with van der Waals surface area (Å²) in [5.74, 6) is -0.453. The van der Waals surface area contributed by atoms with Gasteiger partial charge in [-0.1, -0.05) is 25.0 Å². The number of ether oxygens (including phenoxy) is 1. The number of rotatable bonds is 11. The summed E-state index contributed by atoms with van der Waals surface area (Å²) in [5.41, 5.74) is -1.06. The van der Waals surface area contributed by atoms with E-state index in [4.69, 9.17) is 4.74 Å². The number of carbonyl (C=O) groups is 3. The second kappa shape index (κ2) is 11.2. The van der Waals surface area contributed by atoms with Crippen LogP contribution in [0.4, 0.5) is 4.79 Å². The largest absolute Gasteiger partial charge is 0.444 e. The number of unbranched alkanes of at least 4 members (excludes halogenated alkanes) is 3. The van der Waals surface area contributed by atoms with E-state index in [1.165, 1.54) is 4.90 Å². The fourth-order valence-corrected chi connectivity index (χ4v) is 4.28. The predicted molar refractivity (Wildman–Crippen MR) is 127 cm³/mol. The number of aliphatic hydroxyl groups excluding tert-OH is 1. The minimum absolute atomic E-state index is 0.0570. The second-order valence-electron chi connectivity index (χ2n) is 10.5. The van der Waals surface area contributed by atoms with Crippen LogP contribution in [0, 0.1) is 5.92 Å². The number of hydrogen-bond donors (Lipinski definition) is 3. The third kappa shape index (κ3) is 7.88. The zero-order valence-corrected chi connectivity index (χ0v) is 20.6. The van der Waals surface area contributed by atoms with Crippen molar-refractivity contribution in [1.82, 2.24) is 15.5 Å². The molecule has 1 saturated heterocycles. The van der Waals surface area contributed by atoms with Gasteiger partial charge in [0.15, 0.2) is 0 Å². The van der Waals surface area contributed by atoms with Gasteiger partial charge in [0.2, 0.25) is 11.8 Å². The highest BCUT2D eigenvalue weighted by molar-refractivity contribution is 5.92. The molecule has 5 atom stereocenters. The molecule has 0 bridgehead atoms. The molecule has 0 spiro atoms. The van der Waals surface area contributed by atoms with Crippen LogP contribution in [0.2, 0.25) is 0 Å². The molecule has 2 rings (SSSR count). The SMILES string of the molecule is C=CCCCCC[C@H](NC(=O)OC(C)(C)C)C(=O)N1C[C@H](O)C[C@H]1C(=O)N[C@]1(C)C[C@H]1C=C. The number of allylic oxidation sites excluding steroid dienone is 1. The van der Waals surface area contributed by atoms with Gasteiger partial charge in [0.25, 0.3) is 0 Å². The lowest BCUT2D eigenvalue weighted by Gasteiger charge is -2.30. The molecule has 0 aromatic rings. The van der Waals surface area contributed by atoms with Crippen LogP contribution in [-0.4, -0.2) is 63.8 Å². The van der Waals surface area contributed by atoms with Gasteiger partial charge in [0, 0.05) is 24.4 Å². The van der Waals surface area contributed by atoms with Gasteiger partial charge in [-0.25, -0.2) is 4.79 Å². The monoisotopic (exact) mass is 463 g/mol. The highest BCUT2D eigenvalue weighted by Gasteiger charge is 2.51. The molecule has 8 nitrogen and oxygen atoms in total. The topological polar surface area (TPSA) is 108 Å². The third-order valence-corrected chi connectivity index (χ3v) is 6.25. The van der Waals surface area contributed by atoms with E-state index in [1.807, 2.05) is 19.1 Å². The summed E-state index contributed by atoms with van der Waals surface area (Å²) in [6, 6.07) is -1.61.